The number of hydrogen-bond acceptors (Lipinski definition) is 0. The minimum atomic E-state index is -2.44. The van der Waals surface area contributed by atoms with Crippen LogP contribution in [0, 0.1) is 0 Å². The van der Waals surface area contributed by atoms with Crippen LogP contribution in [0.1, 0.15) is 6.92 Å². The summed E-state index contributed by atoms with van der Waals surface area (Å²) in [5.41, 5.74) is 0. The Morgan fingerprint density at radius 1 is 1.38 bits per heavy atom. The third kappa shape index (κ3) is 7.38. The molecule has 1 unspecified atom stereocenters. The highest BCUT2D eigenvalue weighted by molar-refractivity contribution is 7.64. The molecule has 0 aliphatic heterocycles. The molecule has 0 aromatic carbocycles. The first-order valence-electron chi connectivity index (χ1n) is 2.12. The van der Waals surface area contributed by atoms with Crippen LogP contribution in [-0.4, -0.2) is 11.4 Å². The minimum Gasteiger partial charge on any atom is -0.126 e. The SMILES string of the molecule is CC(Cl)C[Si](Cl)(Cl)Cl. The van der Waals surface area contributed by atoms with Crippen LogP contribution in [0.15, 0.2) is 0 Å². The van der Waals surface area contributed by atoms with Crippen molar-refractivity contribution in [3.05, 3.63) is 0 Å². The second-order valence-electron chi connectivity index (χ2n) is 1.60. The molecule has 0 amide bonds. The molecule has 0 saturated carbocycles. The van der Waals surface area contributed by atoms with Crippen LogP contribution < -0.4 is 0 Å². The number of halogens is 4. The van der Waals surface area contributed by atoms with Crippen LogP contribution in [0.4, 0.5) is 0 Å². The van der Waals surface area contributed by atoms with Gasteiger partial charge in [0.2, 0.25) is 0 Å². The summed E-state index contributed by atoms with van der Waals surface area (Å²) in [5.74, 6) is 0. The van der Waals surface area contributed by atoms with Crippen LogP contribution in [0.5, 0.6) is 0 Å². The lowest BCUT2D eigenvalue weighted by molar-refractivity contribution is 1.08. The van der Waals surface area contributed by atoms with Crippen molar-refractivity contribution < 1.29 is 0 Å². The molecule has 0 aliphatic carbocycles. The van der Waals surface area contributed by atoms with Crippen LogP contribution >= 0.6 is 44.8 Å². The smallest absolute Gasteiger partial charge is 0.126 e. The summed E-state index contributed by atoms with van der Waals surface area (Å²) < 4.78 is 0. The van der Waals surface area contributed by atoms with Gasteiger partial charge >= 0.3 is 6.00 Å². The molecule has 1 atom stereocenters. The molecular weight excluding hydrogens is 206 g/mol. The van der Waals surface area contributed by atoms with Crippen molar-refractivity contribution >= 4 is 50.8 Å². The zero-order valence-electron chi connectivity index (χ0n) is 4.30. The van der Waals surface area contributed by atoms with Gasteiger partial charge in [0.25, 0.3) is 0 Å². The van der Waals surface area contributed by atoms with Crippen molar-refractivity contribution in [1.82, 2.24) is 0 Å². The maximum absolute atomic E-state index is 5.54. The fourth-order valence-corrected chi connectivity index (χ4v) is 4.45. The average Bonchev–Trinajstić information content (AvgIpc) is 1.21. The van der Waals surface area contributed by atoms with Crippen LogP contribution in [-0.2, 0) is 0 Å². The summed E-state index contributed by atoms with van der Waals surface area (Å²) in [6, 6.07) is -1.91. The van der Waals surface area contributed by atoms with Gasteiger partial charge in [-0.3, -0.25) is 0 Å². The largest absolute Gasteiger partial charge is 0.342 e. The summed E-state index contributed by atoms with van der Waals surface area (Å²) in [4.78, 5) is 0. The van der Waals surface area contributed by atoms with E-state index in [9.17, 15) is 0 Å². The Morgan fingerprint density at radius 3 is 1.75 bits per heavy atom. The summed E-state index contributed by atoms with van der Waals surface area (Å²) >= 11 is 22.1. The molecule has 0 aromatic rings. The molecule has 0 bridgehead atoms. The molecule has 0 rings (SSSR count). The molecule has 5 heteroatoms. The molecule has 0 nitrogen and oxygen atoms in total. The summed E-state index contributed by atoms with van der Waals surface area (Å²) in [6.45, 7) is 1.82. The summed E-state index contributed by atoms with van der Waals surface area (Å²) in [7, 11) is 0. The van der Waals surface area contributed by atoms with Gasteiger partial charge in [-0.25, -0.2) is 0 Å². The van der Waals surface area contributed by atoms with E-state index >= 15 is 0 Å². The van der Waals surface area contributed by atoms with Gasteiger partial charge in [0, 0.05) is 5.38 Å². The van der Waals surface area contributed by atoms with Crippen molar-refractivity contribution in [3.63, 3.8) is 0 Å². The van der Waals surface area contributed by atoms with Gasteiger partial charge < -0.3 is 0 Å². The first-order chi connectivity index (χ1) is 3.42. The predicted octanol–water partition coefficient (Wildman–Crippen LogP) is 3.27. The summed E-state index contributed by atoms with van der Waals surface area (Å²) in [6.07, 6.45) is 0. The van der Waals surface area contributed by atoms with Crippen molar-refractivity contribution in [2.24, 2.45) is 0 Å². The number of rotatable bonds is 2. The number of alkyl halides is 1. The van der Waals surface area contributed by atoms with E-state index in [1.165, 1.54) is 0 Å². The normalized spacial score (nSPS) is 16.1. The summed E-state index contributed by atoms with van der Waals surface area (Å²) in [5, 5.41) is -0.0193. The zero-order chi connectivity index (χ0) is 6.78. The fourth-order valence-electron chi connectivity index (χ4n) is 0.319. The van der Waals surface area contributed by atoms with E-state index in [4.69, 9.17) is 44.8 Å². The van der Waals surface area contributed by atoms with E-state index in [2.05, 4.69) is 0 Å². The van der Waals surface area contributed by atoms with Crippen LogP contribution in [0.25, 0.3) is 0 Å². The van der Waals surface area contributed by atoms with E-state index in [0.29, 0.717) is 6.04 Å². The second kappa shape index (κ2) is 3.52. The van der Waals surface area contributed by atoms with Gasteiger partial charge in [0.15, 0.2) is 0 Å². The average molecular weight is 212 g/mol. The van der Waals surface area contributed by atoms with Gasteiger partial charge in [0.05, 0.1) is 0 Å². The molecule has 50 valence electrons. The fraction of sp³-hybridized carbons (Fsp3) is 1.00. The molecule has 8 heavy (non-hydrogen) atoms. The lowest BCUT2D eigenvalue weighted by Gasteiger charge is -2.07. The molecule has 0 N–H and O–H groups in total. The maximum Gasteiger partial charge on any atom is 0.342 e. The Balaban J connectivity index is 3.39. The minimum absolute atomic E-state index is 0.0193. The lowest BCUT2D eigenvalue weighted by Crippen LogP contribution is -2.13. The number of hydrogen-bond donors (Lipinski definition) is 0. The van der Waals surface area contributed by atoms with E-state index < -0.39 is 6.00 Å². The molecule has 0 aromatic heterocycles. The van der Waals surface area contributed by atoms with Crippen LogP contribution in [0.3, 0.4) is 0 Å². The Bertz CT molecular complexity index is 66.2. The quantitative estimate of drug-likeness (QED) is 0.374. The lowest BCUT2D eigenvalue weighted by atomic mass is 10.6. The van der Waals surface area contributed by atoms with Gasteiger partial charge in [-0.2, -0.15) is 0 Å². The Morgan fingerprint density at radius 2 is 1.75 bits per heavy atom. The van der Waals surface area contributed by atoms with Crippen molar-refractivity contribution in [2.45, 2.75) is 18.3 Å². The molecule has 0 radical (unpaired) electrons. The van der Waals surface area contributed by atoms with Crippen molar-refractivity contribution in [1.29, 1.82) is 0 Å². The highest BCUT2D eigenvalue weighted by atomic mass is 35.8. The third-order valence-electron chi connectivity index (χ3n) is 0.513. The third-order valence-corrected chi connectivity index (χ3v) is 3.39. The monoisotopic (exact) mass is 210 g/mol. The van der Waals surface area contributed by atoms with Gasteiger partial charge in [-0.1, -0.05) is 0 Å². The Kier molecular flexibility index (Phi) is 4.13. The molecule has 0 spiro atoms. The van der Waals surface area contributed by atoms with E-state index in [1.54, 1.807) is 0 Å². The second-order valence-corrected chi connectivity index (χ2v) is 11.5. The van der Waals surface area contributed by atoms with E-state index in [-0.39, 0.29) is 5.38 Å². The van der Waals surface area contributed by atoms with E-state index in [0.717, 1.165) is 0 Å². The molecule has 0 aliphatic rings. The van der Waals surface area contributed by atoms with Gasteiger partial charge in [-0.15, -0.1) is 44.8 Å². The van der Waals surface area contributed by atoms with E-state index in [1.807, 2.05) is 6.92 Å². The molecule has 0 fully saturated rings. The van der Waals surface area contributed by atoms with Crippen molar-refractivity contribution in [3.8, 4) is 0 Å². The molecule has 0 saturated heterocycles. The van der Waals surface area contributed by atoms with Gasteiger partial charge in [0.1, 0.15) is 0 Å². The first kappa shape index (κ1) is 9.38. The highest BCUT2D eigenvalue weighted by Gasteiger charge is 2.26. The van der Waals surface area contributed by atoms with Crippen molar-refractivity contribution in [2.75, 3.05) is 0 Å². The first-order valence-corrected chi connectivity index (χ1v) is 7.80. The Hall–Kier alpha value is 1.38. The molecular formula is C3H6Cl4Si. The molecule has 0 heterocycles. The zero-order valence-corrected chi connectivity index (χ0v) is 8.32. The maximum atomic E-state index is 5.54. The van der Waals surface area contributed by atoms with Gasteiger partial charge in [-0.05, 0) is 13.0 Å². The Labute approximate surface area is 69.2 Å². The van der Waals surface area contributed by atoms with Crippen LogP contribution in [0.2, 0.25) is 6.04 Å². The highest BCUT2D eigenvalue weighted by Crippen LogP contribution is 2.27. The predicted molar refractivity (Wildman–Crippen MR) is 43.4 cm³/mol. The standard InChI is InChI=1S/C3H6Cl4Si/c1-3(4)2-8(5,6)7/h3H,2H2,1H3. The topological polar surface area (TPSA) is 0 Å².